The minimum Gasteiger partial charge on any atom is -0.387 e. The molecular weight excluding hydrogens is 236 g/mol. The Hall–Kier alpha value is -0.980. The van der Waals surface area contributed by atoms with Crippen LogP contribution in [0.3, 0.4) is 0 Å². The highest BCUT2D eigenvalue weighted by molar-refractivity contribution is 5.13. The third-order valence-electron chi connectivity index (χ3n) is 2.94. The van der Waals surface area contributed by atoms with Gasteiger partial charge in [-0.2, -0.15) is 0 Å². The Kier molecular flexibility index (Phi) is 4.68. The van der Waals surface area contributed by atoms with Gasteiger partial charge in [-0.1, -0.05) is 30.3 Å². The zero-order valence-corrected chi connectivity index (χ0v) is 10.2. The molecule has 1 aliphatic heterocycles. The summed E-state index contributed by atoms with van der Waals surface area (Å²) < 4.78 is 15.7. The Morgan fingerprint density at radius 3 is 2.50 bits per heavy atom. The number of hydrogen-bond acceptors (Lipinski definition) is 5. The number of rotatable bonds is 5. The number of ether oxygens (including phenoxy) is 3. The first-order chi connectivity index (χ1) is 8.72. The second-order valence-electron chi connectivity index (χ2n) is 4.26. The summed E-state index contributed by atoms with van der Waals surface area (Å²) >= 11 is 0. The fourth-order valence-electron chi connectivity index (χ4n) is 1.91. The maximum atomic E-state index is 9.72. The summed E-state index contributed by atoms with van der Waals surface area (Å²) in [6.45, 7) is 0.661. The fraction of sp³-hybridized carbons (Fsp3) is 0.538. The Morgan fingerprint density at radius 2 is 1.89 bits per heavy atom. The summed E-state index contributed by atoms with van der Waals surface area (Å²) in [6.07, 6.45) is -3.36. The van der Waals surface area contributed by atoms with Crippen LogP contribution in [-0.4, -0.2) is 48.5 Å². The van der Waals surface area contributed by atoms with Crippen molar-refractivity contribution in [2.45, 2.75) is 31.2 Å². The first-order valence-electron chi connectivity index (χ1n) is 5.88. The molecule has 5 heteroatoms. The molecule has 1 aliphatic rings. The molecular formula is C13H18O5. The van der Waals surface area contributed by atoms with Crippen LogP contribution in [0.25, 0.3) is 0 Å². The molecule has 1 heterocycles. The van der Waals surface area contributed by atoms with E-state index in [9.17, 15) is 10.2 Å². The van der Waals surface area contributed by atoms with Crippen molar-refractivity contribution in [3.05, 3.63) is 35.9 Å². The van der Waals surface area contributed by atoms with Crippen molar-refractivity contribution in [2.24, 2.45) is 0 Å². The molecule has 1 saturated heterocycles. The maximum absolute atomic E-state index is 9.72. The molecule has 0 amide bonds. The first kappa shape index (κ1) is 13.5. The van der Waals surface area contributed by atoms with Crippen LogP contribution in [0.2, 0.25) is 0 Å². The molecule has 0 bridgehead atoms. The minimum atomic E-state index is -1.03. The van der Waals surface area contributed by atoms with Gasteiger partial charge in [0.15, 0.2) is 6.29 Å². The van der Waals surface area contributed by atoms with E-state index in [0.717, 1.165) is 5.56 Å². The fourth-order valence-corrected chi connectivity index (χ4v) is 1.91. The summed E-state index contributed by atoms with van der Waals surface area (Å²) in [4.78, 5) is 0. The van der Waals surface area contributed by atoms with Crippen molar-refractivity contribution in [1.29, 1.82) is 0 Å². The van der Waals surface area contributed by atoms with E-state index in [4.69, 9.17) is 14.2 Å². The largest absolute Gasteiger partial charge is 0.387 e. The van der Waals surface area contributed by atoms with Crippen LogP contribution >= 0.6 is 0 Å². The normalized spacial score (nSPS) is 31.7. The van der Waals surface area contributed by atoms with Gasteiger partial charge < -0.3 is 24.4 Å². The molecule has 5 nitrogen and oxygen atoms in total. The minimum absolute atomic E-state index is 0.215. The highest BCUT2D eigenvalue weighted by atomic mass is 16.7. The van der Waals surface area contributed by atoms with E-state index in [1.165, 1.54) is 7.11 Å². The number of aliphatic hydroxyl groups is 2. The molecule has 1 aromatic rings. The van der Waals surface area contributed by atoms with Gasteiger partial charge in [0, 0.05) is 7.11 Å². The zero-order valence-electron chi connectivity index (χ0n) is 10.2. The predicted octanol–water partition coefficient (Wildman–Crippen LogP) is 0.296. The third-order valence-corrected chi connectivity index (χ3v) is 2.94. The molecule has 1 fully saturated rings. The number of aliphatic hydroxyl groups excluding tert-OH is 2. The van der Waals surface area contributed by atoms with E-state index in [1.807, 2.05) is 30.3 Å². The zero-order chi connectivity index (χ0) is 13.0. The van der Waals surface area contributed by atoms with Crippen LogP contribution in [-0.2, 0) is 20.8 Å². The molecule has 0 aromatic heterocycles. The van der Waals surface area contributed by atoms with E-state index in [0.29, 0.717) is 6.61 Å². The lowest BCUT2D eigenvalue weighted by atomic mass is 10.1. The first-order valence-corrected chi connectivity index (χ1v) is 5.88. The van der Waals surface area contributed by atoms with Crippen LogP contribution < -0.4 is 0 Å². The third kappa shape index (κ3) is 3.07. The number of benzene rings is 1. The van der Waals surface area contributed by atoms with Crippen molar-refractivity contribution in [2.75, 3.05) is 13.7 Å². The summed E-state index contributed by atoms with van der Waals surface area (Å²) in [7, 11) is 1.42. The van der Waals surface area contributed by atoms with Gasteiger partial charge in [-0.3, -0.25) is 0 Å². The van der Waals surface area contributed by atoms with Gasteiger partial charge in [-0.15, -0.1) is 0 Å². The molecule has 4 atom stereocenters. The Balaban J connectivity index is 1.77. The van der Waals surface area contributed by atoms with E-state index in [-0.39, 0.29) is 6.61 Å². The molecule has 0 aliphatic carbocycles. The SMILES string of the molecule is CO[C@@H]1O[C@H](COCc2ccccc2)[C@@H](O)[C@H]1O. The highest BCUT2D eigenvalue weighted by Gasteiger charge is 2.42. The van der Waals surface area contributed by atoms with E-state index in [2.05, 4.69) is 0 Å². The topological polar surface area (TPSA) is 68.2 Å². The highest BCUT2D eigenvalue weighted by Crippen LogP contribution is 2.22. The Morgan fingerprint density at radius 1 is 1.17 bits per heavy atom. The standard InChI is InChI=1S/C13H18O5/c1-16-13-12(15)11(14)10(18-13)8-17-7-9-5-3-2-4-6-9/h2-6,10-15H,7-8H2,1H3/t10-,11-,12-,13-/m1/s1. The Labute approximate surface area is 106 Å². The van der Waals surface area contributed by atoms with Gasteiger partial charge in [0.1, 0.15) is 18.3 Å². The van der Waals surface area contributed by atoms with Gasteiger partial charge in [-0.05, 0) is 5.56 Å². The van der Waals surface area contributed by atoms with Crippen LogP contribution in [0, 0.1) is 0 Å². The van der Waals surface area contributed by atoms with Crippen LogP contribution in [0.15, 0.2) is 30.3 Å². The quantitative estimate of drug-likeness (QED) is 0.791. The molecule has 1 aromatic carbocycles. The van der Waals surface area contributed by atoms with Gasteiger partial charge in [0.05, 0.1) is 13.2 Å². The molecule has 0 radical (unpaired) electrons. The van der Waals surface area contributed by atoms with Gasteiger partial charge in [0.2, 0.25) is 0 Å². The molecule has 0 unspecified atom stereocenters. The Bertz CT molecular complexity index is 356. The van der Waals surface area contributed by atoms with Gasteiger partial charge in [-0.25, -0.2) is 0 Å². The summed E-state index contributed by atoms with van der Waals surface area (Å²) in [6, 6.07) is 9.72. The van der Waals surface area contributed by atoms with Crippen molar-refractivity contribution in [1.82, 2.24) is 0 Å². The van der Waals surface area contributed by atoms with Crippen LogP contribution in [0.4, 0.5) is 0 Å². The molecule has 0 saturated carbocycles. The monoisotopic (exact) mass is 254 g/mol. The van der Waals surface area contributed by atoms with Crippen molar-refractivity contribution in [3.63, 3.8) is 0 Å². The summed E-state index contributed by atoms with van der Waals surface area (Å²) in [5.74, 6) is 0. The number of hydrogen-bond donors (Lipinski definition) is 2. The second-order valence-corrected chi connectivity index (χ2v) is 4.26. The number of methoxy groups -OCH3 is 1. The van der Waals surface area contributed by atoms with Crippen molar-refractivity contribution >= 4 is 0 Å². The summed E-state index contributed by atoms with van der Waals surface area (Å²) in [5, 5.41) is 19.3. The van der Waals surface area contributed by atoms with E-state index < -0.39 is 24.6 Å². The molecule has 2 rings (SSSR count). The lowest BCUT2D eigenvalue weighted by molar-refractivity contribution is -0.156. The smallest absolute Gasteiger partial charge is 0.186 e. The predicted molar refractivity (Wildman–Crippen MR) is 63.8 cm³/mol. The van der Waals surface area contributed by atoms with Crippen LogP contribution in [0.1, 0.15) is 5.56 Å². The van der Waals surface area contributed by atoms with Crippen LogP contribution in [0.5, 0.6) is 0 Å². The molecule has 100 valence electrons. The summed E-state index contributed by atoms with van der Waals surface area (Å²) in [5.41, 5.74) is 1.05. The average molecular weight is 254 g/mol. The molecule has 0 spiro atoms. The van der Waals surface area contributed by atoms with Crippen molar-refractivity contribution in [3.8, 4) is 0 Å². The van der Waals surface area contributed by atoms with E-state index >= 15 is 0 Å². The lowest BCUT2D eigenvalue weighted by Gasteiger charge is -2.14. The second kappa shape index (κ2) is 6.26. The lowest BCUT2D eigenvalue weighted by Crippen LogP contribution is -2.34. The maximum Gasteiger partial charge on any atom is 0.186 e. The van der Waals surface area contributed by atoms with Gasteiger partial charge >= 0.3 is 0 Å². The molecule has 18 heavy (non-hydrogen) atoms. The molecule has 2 N–H and O–H groups in total. The van der Waals surface area contributed by atoms with Gasteiger partial charge in [0.25, 0.3) is 0 Å². The van der Waals surface area contributed by atoms with E-state index in [1.54, 1.807) is 0 Å². The van der Waals surface area contributed by atoms with Crippen molar-refractivity contribution < 1.29 is 24.4 Å². The average Bonchev–Trinajstić information content (AvgIpc) is 2.68.